The van der Waals surface area contributed by atoms with Gasteiger partial charge in [-0.1, -0.05) is 5.16 Å². The third-order valence-electron chi connectivity index (χ3n) is 4.41. The van der Waals surface area contributed by atoms with E-state index in [9.17, 15) is 9.90 Å². The maximum Gasteiger partial charge on any atom is 0.222 e. The van der Waals surface area contributed by atoms with E-state index in [1.54, 1.807) is 11.2 Å². The van der Waals surface area contributed by atoms with Gasteiger partial charge in [-0.25, -0.2) is 0 Å². The summed E-state index contributed by atoms with van der Waals surface area (Å²) in [6, 6.07) is 1.89. The van der Waals surface area contributed by atoms with Gasteiger partial charge < -0.3 is 14.5 Å². The summed E-state index contributed by atoms with van der Waals surface area (Å²) in [6.07, 6.45) is 2.70. The van der Waals surface area contributed by atoms with Crippen molar-refractivity contribution in [1.82, 2.24) is 19.9 Å². The summed E-state index contributed by atoms with van der Waals surface area (Å²) in [6.45, 7) is 6.51. The van der Waals surface area contributed by atoms with E-state index in [4.69, 9.17) is 4.52 Å². The zero-order valence-corrected chi connectivity index (χ0v) is 12.9. The van der Waals surface area contributed by atoms with Crippen LogP contribution in [0.5, 0.6) is 0 Å². The van der Waals surface area contributed by atoms with E-state index >= 15 is 0 Å². The van der Waals surface area contributed by atoms with Crippen molar-refractivity contribution in [3.8, 4) is 0 Å². The monoisotopic (exact) mass is 308 g/mol. The molecule has 2 fully saturated rings. The van der Waals surface area contributed by atoms with Gasteiger partial charge in [-0.05, 0) is 6.42 Å². The van der Waals surface area contributed by atoms with Crippen LogP contribution in [0.3, 0.4) is 0 Å². The van der Waals surface area contributed by atoms with E-state index < -0.39 is 6.10 Å². The van der Waals surface area contributed by atoms with Crippen molar-refractivity contribution in [3.05, 3.63) is 18.0 Å². The summed E-state index contributed by atoms with van der Waals surface area (Å²) in [4.78, 5) is 18.0. The number of nitrogens with zero attached hydrogens (tertiary/aromatic N) is 4. The number of aliphatic hydroxyl groups excluding tert-OH is 1. The third-order valence-corrected chi connectivity index (χ3v) is 4.41. The minimum Gasteiger partial charge on any atom is -0.390 e. The predicted octanol–water partition coefficient (Wildman–Crippen LogP) is -0.224. The highest BCUT2D eigenvalue weighted by Gasteiger charge is 2.25. The first-order valence-corrected chi connectivity index (χ1v) is 8.00. The molecule has 3 heterocycles. The molecule has 7 heteroatoms. The Morgan fingerprint density at radius 3 is 2.59 bits per heavy atom. The third kappa shape index (κ3) is 4.06. The zero-order chi connectivity index (χ0) is 15.4. The molecule has 1 unspecified atom stereocenters. The average molecular weight is 308 g/mol. The lowest BCUT2D eigenvalue weighted by Gasteiger charge is -2.35. The molecule has 0 aromatic carbocycles. The molecule has 1 atom stereocenters. The summed E-state index contributed by atoms with van der Waals surface area (Å²) in [5.74, 6) is 0.177. The zero-order valence-electron chi connectivity index (χ0n) is 12.9. The maximum absolute atomic E-state index is 11.6. The standard InChI is InChI=1S/C15H24N4O3/c20-14(12-19-4-1-2-15(19)21)11-18-7-5-17(6-8-18)10-13-3-9-22-16-13/h3,9,14,20H,1-2,4-8,10-12H2. The van der Waals surface area contributed by atoms with Gasteiger partial charge in [0.1, 0.15) is 6.26 Å². The fourth-order valence-electron chi connectivity index (χ4n) is 3.19. The van der Waals surface area contributed by atoms with Crippen LogP contribution in [0.2, 0.25) is 0 Å². The lowest BCUT2D eigenvalue weighted by molar-refractivity contribution is -0.129. The molecular formula is C15H24N4O3. The molecule has 1 N–H and O–H groups in total. The molecule has 22 heavy (non-hydrogen) atoms. The average Bonchev–Trinajstić information content (AvgIpc) is 3.14. The fraction of sp³-hybridized carbons (Fsp3) is 0.733. The van der Waals surface area contributed by atoms with Crippen molar-refractivity contribution in [2.24, 2.45) is 0 Å². The van der Waals surface area contributed by atoms with Gasteiger partial charge in [0.2, 0.25) is 5.91 Å². The number of carbonyl (C=O) groups is 1. The molecule has 2 aliphatic rings. The molecule has 122 valence electrons. The van der Waals surface area contributed by atoms with Crippen molar-refractivity contribution in [2.75, 3.05) is 45.8 Å². The highest BCUT2D eigenvalue weighted by atomic mass is 16.5. The Kier molecular flexibility index (Phi) is 5.07. The number of rotatable bonds is 6. The van der Waals surface area contributed by atoms with Gasteiger partial charge in [0.25, 0.3) is 0 Å². The normalized spacial score (nSPS) is 22.4. The van der Waals surface area contributed by atoms with Crippen molar-refractivity contribution >= 4 is 5.91 Å². The summed E-state index contributed by atoms with van der Waals surface area (Å²) in [7, 11) is 0. The minimum atomic E-state index is -0.454. The van der Waals surface area contributed by atoms with Gasteiger partial charge in [0.05, 0.1) is 11.8 Å². The quantitative estimate of drug-likeness (QED) is 0.783. The van der Waals surface area contributed by atoms with Crippen LogP contribution in [0.4, 0.5) is 0 Å². The molecule has 0 aliphatic carbocycles. The molecule has 0 bridgehead atoms. The molecule has 3 rings (SSSR count). The highest BCUT2D eigenvalue weighted by Crippen LogP contribution is 2.11. The van der Waals surface area contributed by atoms with Gasteiger partial charge >= 0.3 is 0 Å². The van der Waals surface area contributed by atoms with Crippen molar-refractivity contribution < 1.29 is 14.4 Å². The van der Waals surface area contributed by atoms with Gasteiger partial charge in [-0.15, -0.1) is 0 Å². The molecule has 0 radical (unpaired) electrons. The first-order chi connectivity index (χ1) is 10.7. The highest BCUT2D eigenvalue weighted by molar-refractivity contribution is 5.78. The first kappa shape index (κ1) is 15.5. The van der Waals surface area contributed by atoms with Crippen molar-refractivity contribution in [1.29, 1.82) is 0 Å². The molecule has 2 aliphatic heterocycles. The number of aliphatic hydroxyl groups is 1. The van der Waals surface area contributed by atoms with Crippen LogP contribution in [0, 0.1) is 0 Å². The van der Waals surface area contributed by atoms with Crippen LogP contribution in [-0.2, 0) is 11.3 Å². The molecule has 2 saturated heterocycles. The lowest BCUT2D eigenvalue weighted by atomic mass is 10.2. The van der Waals surface area contributed by atoms with Crippen LogP contribution in [0.1, 0.15) is 18.5 Å². The largest absolute Gasteiger partial charge is 0.390 e. The summed E-state index contributed by atoms with van der Waals surface area (Å²) < 4.78 is 4.85. The lowest BCUT2D eigenvalue weighted by Crippen LogP contribution is -2.49. The van der Waals surface area contributed by atoms with Gasteiger partial charge in [0, 0.05) is 64.8 Å². The number of carbonyl (C=O) groups excluding carboxylic acids is 1. The van der Waals surface area contributed by atoms with E-state index in [2.05, 4.69) is 15.0 Å². The van der Waals surface area contributed by atoms with E-state index in [0.717, 1.165) is 51.4 Å². The SMILES string of the molecule is O=C1CCCN1CC(O)CN1CCN(Cc2ccon2)CC1. The first-order valence-electron chi connectivity index (χ1n) is 8.00. The smallest absolute Gasteiger partial charge is 0.222 e. The maximum atomic E-state index is 11.6. The second-order valence-electron chi connectivity index (χ2n) is 6.16. The number of β-amino-alcohol motifs (C(OH)–C–C–N with tert-alkyl or cyclic N) is 1. The Balaban J connectivity index is 1.37. The fourth-order valence-corrected chi connectivity index (χ4v) is 3.19. The Morgan fingerprint density at radius 1 is 1.18 bits per heavy atom. The minimum absolute atomic E-state index is 0.177. The number of likely N-dealkylation sites (tertiary alicyclic amines) is 1. The molecule has 0 saturated carbocycles. The van der Waals surface area contributed by atoms with Crippen LogP contribution in [0.15, 0.2) is 16.9 Å². The van der Waals surface area contributed by atoms with Gasteiger partial charge in [-0.2, -0.15) is 0 Å². The molecule has 1 aromatic heterocycles. The number of aromatic nitrogens is 1. The summed E-state index contributed by atoms with van der Waals surface area (Å²) in [5.41, 5.74) is 0.959. The van der Waals surface area contributed by atoms with Gasteiger partial charge in [0.15, 0.2) is 0 Å². The molecular weight excluding hydrogens is 284 g/mol. The van der Waals surface area contributed by atoms with Gasteiger partial charge in [-0.3, -0.25) is 14.6 Å². The summed E-state index contributed by atoms with van der Waals surface area (Å²) >= 11 is 0. The Labute approximate surface area is 130 Å². The topological polar surface area (TPSA) is 73.1 Å². The Hall–Kier alpha value is -1.44. The molecule has 1 amide bonds. The summed E-state index contributed by atoms with van der Waals surface area (Å²) in [5, 5.41) is 14.1. The number of hydrogen-bond donors (Lipinski definition) is 1. The number of amides is 1. The predicted molar refractivity (Wildman–Crippen MR) is 80.0 cm³/mol. The Bertz CT molecular complexity index is 471. The Morgan fingerprint density at radius 2 is 1.95 bits per heavy atom. The van der Waals surface area contributed by atoms with E-state index in [1.165, 1.54) is 0 Å². The van der Waals surface area contributed by atoms with Crippen molar-refractivity contribution in [2.45, 2.75) is 25.5 Å². The second-order valence-corrected chi connectivity index (χ2v) is 6.16. The van der Waals surface area contributed by atoms with Crippen molar-refractivity contribution in [3.63, 3.8) is 0 Å². The van der Waals surface area contributed by atoms with Crippen LogP contribution in [0.25, 0.3) is 0 Å². The van der Waals surface area contributed by atoms with E-state index in [0.29, 0.717) is 19.5 Å². The number of hydrogen-bond acceptors (Lipinski definition) is 6. The second kappa shape index (κ2) is 7.21. The van der Waals surface area contributed by atoms with Crippen LogP contribution >= 0.6 is 0 Å². The molecule has 7 nitrogen and oxygen atoms in total. The number of piperazine rings is 1. The van der Waals surface area contributed by atoms with Crippen LogP contribution in [-0.4, -0.2) is 82.8 Å². The molecule has 0 spiro atoms. The van der Waals surface area contributed by atoms with E-state index in [1.807, 2.05) is 6.07 Å². The van der Waals surface area contributed by atoms with E-state index in [-0.39, 0.29) is 5.91 Å². The van der Waals surface area contributed by atoms with Crippen LogP contribution < -0.4 is 0 Å². The molecule has 1 aromatic rings.